The molecule has 2 N–H and O–H groups in total. The van der Waals surface area contributed by atoms with Crippen LogP contribution in [0, 0.1) is 11.3 Å². The molecule has 1 aliphatic carbocycles. The number of rotatable bonds is 3. The number of nitrogens with zero attached hydrogens (tertiary/aromatic N) is 1. The Labute approximate surface area is 102 Å². The van der Waals surface area contributed by atoms with Crippen LogP contribution in [0.4, 0.5) is 0 Å². The van der Waals surface area contributed by atoms with Gasteiger partial charge >= 0.3 is 0 Å². The molecule has 1 unspecified atom stereocenters. The predicted octanol–water partition coefficient (Wildman–Crippen LogP) is 2.24. The molecule has 0 saturated heterocycles. The van der Waals surface area contributed by atoms with Crippen LogP contribution < -0.4 is 5.32 Å². The van der Waals surface area contributed by atoms with Gasteiger partial charge in [0.25, 0.3) is 0 Å². The zero-order valence-electron chi connectivity index (χ0n) is 10.6. The van der Waals surface area contributed by atoms with Crippen LogP contribution in [0.15, 0.2) is 12.4 Å². The lowest BCUT2D eigenvalue weighted by Gasteiger charge is -2.37. The zero-order valence-corrected chi connectivity index (χ0v) is 10.6. The molecule has 4 nitrogen and oxygen atoms in total. The summed E-state index contributed by atoms with van der Waals surface area (Å²) >= 11 is 0. The van der Waals surface area contributed by atoms with Crippen molar-refractivity contribution in [2.24, 2.45) is 11.3 Å². The van der Waals surface area contributed by atoms with Gasteiger partial charge in [-0.3, -0.25) is 9.89 Å². The molecule has 0 bridgehead atoms. The maximum Gasteiger partial charge on any atom is 0.223 e. The summed E-state index contributed by atoms with van der Waals surface area (Å²) in [6.07, 6.45) is 8.14. The van der Waals surface area contributed by atoms with E-state index in [2.05, 4.69) is 29.4 Å². The summed E-state index contributed by atoms with van der Waals surface area (Å²) in [4.78, 5) is 12.2. The largest absolute Gasteiger partial charge is 0.352 e. The first-order chi connectivity index (χ1) is 8.09. The number of nitrogens with one attached hydrogen (secondary N) is 2. The molecule has 1 atom stereocenters. The predicted molar refractivity (Wildman–Crippen MR) is 66.2 cm³/mol. The summed E-state index contributed by atoms with van der Waals surface area (Å²) in [5, 5.41) is 9.62. The molecule has 1 fully saturated rings. The van der Waals surface area contributed by atoms with Crippen LogP contribution >= 0.6 is 0 Å². The fourth-order valence-corrected chi connectivity index (χ4v) is 2.67. The van der Waals surface area contributed by atoms with Crippen molar-refractivity contribution >= 4 is 5.91 Å². The molecule has 4 heteroatoms. The van der Waals surface area contributed by atoms with Crippen molar-refractivity contribution in [2.75, 3.05) is 0 Å². The average Bonchev–Trinajstić information content (AvgIpc) is 2.78. The zero-order chi connectivity index (χ0) is 12.3. The fraction of sp³-hybridized carbons (Fsp3) is 0.692. The highest BCUT2D eigenvalue weighted by atomic mass is 16.1. The standard InChI is InChI=1S/C13H21N3O/c1-13(2)6-4-3-5-11(13)12(17)14-7-10-8-15-16-9-10/h8-9,11H,3-7H2,1-2H3,(H,14,17)(H,15,16). The topological polar surface area (TPSA) is 57.8 Å². The van der Waals surface area contributed by atoms with Crippen LogP contribution in [0.25, 0.3) is 0 Å². The van der Waals surface area contributed by atoms with Gasteiger partial charge in [-0.2, -0.15) is 5.10 Å². The lowest BCUT2D eigenvalue weighted by atomic mass is 9.68. The molecule has 1 saturated carbocycles. The van der Waals surface area contributed by atoms with E-state index in [1.807, 2.05) is 6.20 Å². The van der Waals surface area contributed by atoms with Gasteiger partial charge in [-0.1, -0.05) is 26.7 Å². The third-order valence-electron chi connectivity index (χ3n) is 3.85. The highest BCUT2D eigenvalue weighted by molar-refractivity contribution is 5.79. The molecule has 0 aromatic carbocycles. The van der Waals surface area contributed by atoms with E-state index in [0.717, 1.165) is 18.4 Å². The Bertz CT molecular complexity index is 370. The minimum Gasteiger partial charge on any atom is -0.352 e. The normalized spacial score (nSPS) is 23.3. The number of aromatic amines is 1. The van der Waals surface area contributed by atoms with E-state index in [1.165, 1.54) is 12.8 Å². The van der Waals surface area contributed by atoms with Gasteiger partial charge in [-0.25, -0.2) is 0 Å². The Balaban J connectivity index is 1.90. The van der Waals surface area contributed by atoms with Crippen molar-refractivity contribution in [3.63, 3.8) is 0 Å². The van der Waals surface area contributed by atoms with Crippen LogP contribution in [-0.2, 0) is 11.3 Å². The van der Waals surface area contributed by atoms with Crippen LogP contribution in [-0.4, -0.2) is 16.1 Å². The summed E-state index contributed by atoms with van der Waals surface area (Å²) in [5.74, 6) is 0.346. The van der Waals surface area contributed by atoms with Crippen LogP contribution in [0.3, 0.4) is 0 Å². The number of hydrogen-bond acceptors (Lipinski definition) is 2. The van der Waals surface area contributed by atoms with Gasteiger partial charge in [-0.15, -0.1) is 0 Å². The van der Waals surface area contributed by atoms with E-state index in [4.69, 9.17) is 0 Å². The number of aromatic nitrogens is 2. The second-order valence-corrected chi connectivity index (χ2v) is 5.61. The first-order valence-corrected chi connectivity index (χ1v) is 6.35. The molecule has 1 heterocycles. The first-order valence-electron chi connectivity index (χ1n) is 6.35. The molecule has 2 rings (SSSR count). The molecule has 1 amide bonds. The molecule has 1 aromatic heterocycles. The molecular weight excluding hydrogens is 214 g/mol. The van der Waals surface area contributed by atoms with E-state index in [1.54, 1.807) is 6.20 Å². The van der Waals surface area contributed by atoms with Gasteiger partial charge in [0.1, 0.15) is 0 Å². The fourth-order valence-electron chi connectivity index (χ4n) is 2.67. The Morgan fingerprint density at radius 3 is 3.06 bits per heavy atom. The first kappa shape index (κ1) is 12.1. The van der Waals surface area contributed by atoms with E-state index in [-0.39, 0.29) is 17.2 Å². The van der Waals surface area contributed by atoms with E-state index >= 15 is 0 Å². The molecular formula is C13H21N3O. The molecule has 17 heavy (non-hydrogen) atoms. The van der Waals surface area contributed by atoms with Gasteiger partial charge in [0.05, 0.1) is 6.20 Å². The quantitative estimate of drug-likeness (QED) is 0.844. The lowest BCUT2D eigenvalue weighted by molar-refractivity contribution is -0.130. The number of carbonyl (C=O) groups excluding carboxylic acids is 1. The average molecular weight is 235 g/mol. The van der Waals surface area contributed by atoms with Crippen molar-refractivity contribution in [3.05, 3.63) is 18.0 Å². The highest BCUT2D eigenvalue weighted by Crippen LogP contribution is 2.40. The van der Waals surface area contributed by atoms with Crippen molar-refractivity contribution in [1.82, 2.24) is 15.5 Å². The molecule has 1 aromatic rings. The van der Waals surface area contributed by atoms with Crippen LogP contribution in [0.2, 0.25) is 0 Å². The Morgan fingerprint density at radius 1 is 1.59 bits per heavy atom. The number of hydrogen-bond donors (Lipinski definition) is 2. The third kappa shape index (κ3) is 2.87. The van der Waals surface area contributed by atoms with Gasteiger partial charge in [0.2, 0.25) is 5.91 Å². The van der Waals surface area contributed by atoms with Gasteiger partial charge in [0, 0.05) is 24.2 Å². The van der Waals surface area contributed by atoms with Crippen LogP contribution in [0.5, 0.6) is 0 Å². The molecule has 0 radical (unpaired) electrons. The summed E-state index contributed by atoms with van der Waals surface area (Å²) in [5.41, 5.74) is 1.16. The maximum absolute atomic E-state index is 12.2. The van der Waals surface area contributed by atoms with Crippen LogP contribution in [0.1, 0.15) is 45.1 Å². The SMILES string of the molecule is CC1(C)CCCCC1C(=O)NCc1cn[nH]c1. The lowest BCUT2D eigenvalue weighted by Crippen LogP contribution is -2.40. The molecule has 1 aliphatic rings. The molecule has 0 spiro atoms. The summed E-state index contributed by atoms with van der Waals surface area (Å²) in [7, 11) is 0. The summed E-state index contributed by atoms with van der Waals surface area (Å²) < 4.78 is 0. The van der Waals surface area contributed by atoms with Crippen molar-refractivity contribution in [2.45, 2.75) is 46.1 Å². The minimum atomic E-state index is 0.138. The number of H-pyrrole nitrogens is 1. The highest BCUT2D eigenvalue weighted by Gasteiger charge is 2.36. The van der Waals surface area contributed by atoms with Crippen molar-refractivity contribution in [1.29, 1.82) is 0 Å². The Kier molecular flexibility index (Phi) is 3.50. The molecule has 0 aliphatic heterocycles. The Hall–Kier alpha value is -1.32. The monoisotopic (exact) mass is 235 g/mol. The smallest absolute Gasteiger partial charge is 0.223 e. The van der Waals surface area contributed by atoms with Crippen molar-refractivity contribution in [3.8, 4) is 0 Å². The van der Waals surface area contributed by atoms with Gasteiger partial charge in [0.15, 0.2) is 0 Å². The Morgan fingerprint density at radius 2 is 2.41 bits per heavy atom. The second kappa shape index (κ2) is 4.90. The number of amides is 1. The number of carbonyl (C=O) groups is 1. The summed E-state index contributed by atoms with van der Waals surface area (Å²) in [6.45, 7) is 4.98. The van der Waals surface area contributed by atoms with E-state index in [9.17, 15) is 4.79 Å². The minimum absolute atomic E-state index is 0.138. The van der Waals surface area contributed by atoms with Gasteiger partial charge in [-0.05, 0) is 18.3 Å². The third-order valence-corrected chi connectivity index (χ3v) is 3.85. The van der Waals surface area contributed by atoms with E-state index in [0.29, 0.717) is 6.54 Å². The second-order valence-electron chi connectivity index (χ2n) is 5.61. The summed E-state index contributed by atoms with van der Waals surface area (Å²) in [6, 6.07) is 0. The maximum atomic E-state index is 12.2. The van der Waals surface area contributed by atoms with E-state index < -0.39 is 0 Å². The molecule has 94 valence electrons. The van der Waals surface area contributed by atoms with Crippen molar-refractivity contribution < 1.29 is 4.79 Å². The van der Waals surface area contributed by atoms with Gasteiger partial charge < -0.3 is 5.32 Å².